The number of carbonyl (C=O) groups is 4. The molecule has 0 bridgehead atoms. The number of likely N-dealkylation sites (tertiary alicyclic amines) is 1. The molecule has 0 aliphatic carbocycles. The molecule has 0 unspecified atom stereocenters. The molecular formula is C22H31N3O5. The van der Waals surface area contributed by atoms with Crippen molar-refractivity contribution < 1.29 is 23.9 Å². The molecule has 3 amide bonds. The van der Waals surface area contributed by atoms with Crippen molar-refractivity contribution in [3.63, 3.8) is 0 Å². The molecule has 0 radical (unpaired) electrons. The minimum absolute atomic E-state index is 0.0778. The van der Waals surface area contributed by atoms with Crippen molar-refractivity contribution in [2.24, 2.45) is 5.41 Å². The van der Waals surface area contributed by atoms with Gasteiger partial charge in [0, 0.05) is 12.0 Å². The van der Waals surface area contributed by atoms with Gasteiger partial charge in [-0.2, -0.15) is 0 Å². The normalized spacial score (nSPS) is 16.7. The van der Waals surface area contributed by atoms with Gasteiger partial charge in [0.1, 0.15) is 11.6 Å². The van der Waals surface area contributed by atoms with Gasteiger partial charge >= 0.3 is 5.97 Å². The van der Waals surface area contributed by atoms with E-state index in [4.69, 9.17) is 4.74 Å². The van der Waals surface area contributed by atoms with Gasteiger partial charge in [-0.3, -0.25) is 14.4 Å². The Hall–Kier alpha value is -2.90. The van der Waals surface area contributed by atoms with E-state index in [0.717, 1.165) is 6.42 Å². The molecule has 8 nitrogen and oxygen atoms in total. The minimum Gasteiger partial charge on any atom is -0.467 e. The summed E-state index contributed by atoms with van der Waals surface area (Å²) in [4.78, 5) is 51.9. The summed E-state index contributed by atoms with van der Waals surface area (Å²) in [6, 6.07) is 5.96. The zero-order chi connectivity index (χ0) is 22.7. The highest BCUT2D eigenvalue weighted by Gasteiger charge is 2.39. The van der Waals surface area contributed by atoms with Gasteiger partial charge in [-0.1, -0.05) is 32.9 Å². The molecule has 1 aliphatic heterocycles. The summed E-state index contributed by atoms with van der Waals surface area (Å²) in [5.74, 6) is -1.52. The fraction of sp³-hybridized carbons (Fsp3) is 0.545. The number of para-hydroxylation sites is 1. The van der Waals surface area contributed by atoms with Crippen LogP contribution in [-0.4, -0.2) is 53.8 Å². The second-order valence-corrected chi connectivity index (χ2v) is 9.01. The quantitative estimate of drug-likeness (QED) is 0.716. The van der Waals surface area contributed by atoms with Gasteiger partial charge in [0.05, 0.1) is 18.4 Å². The van der Waals surface area contributed by atoms with Crippen molar-refractivity contribution in [1.29, 1.82) is 0 Å². The summed E-state index contributed by atoms with van der Waals surface area (Å²) in [5, 5.41) is 5.41. The average Bonchev–Trinajstić information content (AvgIpc) is 3.15. The lowest BCUT2D eigenvalue weighted by Gasteiger charge is -2.30. The first kappa shape index (κ1) is 23.4. The van der Waals surface area contributed by atoms with Crippen LogP contribution in [-0.2, 0) is 19.1 Å². The van der Waals surface area contributed by atoms with E-state index in [9.17, 15) is 19.2 Å². The molecular weight excluding hydrogens is 386 g/mol. The number of methoxy groups -OCH3 is 1. The number of carbonyl (C=O) groups excluding carboxylic acids is 4. The lowest BCUT2D eigenvalue weighted by Crippen LogP contribution is -2.50. The Kier molecular flexibility index (Phi) is 6.90. The molecule has 1 aromatic rings. The van der Waals surface area contributed by atoms with Crippen LogP contribution in [0.4, 0.5) is 5.69 Å². The number of anilines is 1. The van der Waals surface area contributed by atoms with E-state index in [2.05, 4.69) is 10.6 Å². The monoisotopic (exact) mass is 417 g/mol. The topological polar surface area (TPSA) is 105 Å². The number of hydrogen-bond donors (Lipinski definition) is 2. The number of rotatable bonds is 5. The molecule has 1 aromatic carbocycles. The summed E-state index contributed by atoms with van der Waals surface area (Å²) in [6.07, 6.45) is 1.31. The SMILES string of the molecule is COC(=O)C(C)(C)NC(=O)c1ccccc1NC(=O)[C@@H]1CCCN1C(=O)C(C)(C)C. The van der Waals surface area contributed by atoms with Crippen molar-refractivity contribution in [3.05, 3.63) is 29.8 Å². The Labute approximate surface area is 177 Å². The first-order valence-corrected chi connectivity index (χ1v) is 10.0. The van der Waals surface area contributed by atoms with E-state index < -0.39 is 28.9 Å². The number of benzene rings is 1. The number of hydrogen-bond acceptors (Lipinski definition) is 5. The predicted molar refractivity (Wildman–Crippen MR) is 113 cm³/mol. The Balaban J connectivity index is 2.20. The number of esters is 1. The van der Waals surface area contributed by atoms with E-state index in [0.29, 0.717) is 18.7 Å². The third kappa shape index (κ3) is 5.17. The van der Waals surface area contributed by atoms with Crippen molar-refractivity contribution >= 4 is 29.4 Å². The smallest absolute Gasteiger partial charge is 0.330 e. The summed E-state index contributed by atoms with van der Waals surface area (Å²) in [5.41, 5.74) is -1.28. The molecule has 1 heterocycles. The van der Waals surface area contributed by atoms with E-state index in [-0.39, 0.29) is 17.4 Å². The predicted octanol–water partition coefficient (Wildman–Crippen LogP) is 2.34. The van der Waals surface area contributed by atoms with E-state index >= 15 is 0 Å². The van der Waals surface area contributed by atoms with Gasteiger partial charge in [-0.25, -0.2) is 4.79 Å². The Bertz CT molecular complexity index is 841. The van der Waals surface area contributed by atoms with Crippen molar-refractivity contribution in [3.8, 4) is 0 Å². The van der Waals surface area contributed by atoms with E-state index in [1.807, 2.05) is 20.8 Å². The maximum Gasteiger partial charge on any atom is 0.330 e. The van der Waals surface area contributed by atoms with Gasteiger partial charge in [-0.05, 0) is 38.8 Å². The van der Waals surface area contributed by atoms with Gasteiger partial charge in [0.15, 0.2) is 0 Å². The van der Waals surface area contributed by atoms with Crippen LogP contribution in [0, 0.1) is 5.41 Å². The molecule has 0 spiro atoms. The zero-order valence-electron chi connectivity index (χ0n) is 18.5. The van der Waals surface area contributed by atoms with Gasteiger partial charge in [0.2, 0.25) is 11.8 Å². The maximum atomic E-state index is 13.0. The number of nitrogens with zero attached hydrogens (tertiary/aromatic N) is 1. The van der Waals surface area contributed by atoms with Crippen LogP contribution >= 0.6 is 0 Å². The molecule has 2 N–H and O–H groups in total. The van der Waals surface area contributed by atoms with Gasteiger partial charge in [-0.15, -0.1) is 0 Å². The molecule has 1 aliphatic rings. The lowest BCUT2D eigenvalue weighted by atomic mass is 9.94. The van der Waals surface area contributed by atoms with Crippen molar-refractivity contribution in [1.82, 2.24) is 10.2 Å². The Morgan fingerprint density at radius 3 is 2.30 bits per heavy atom. The molecule has 164 valence electrons. The third-order valence-electron chi connectivity index (χ3n) is 5.01. The van der Waals surface area contributed by atoms with Gasteiger partial charge in [0.25, 0.3) is 5.91 Å². The van der Waals surface area contributed by atoms with Crippen LogP contribution in [0.15, 0.2) is 24.3 Å². The number of amides is 3. The second kappa shape index (κ2) is 8.85. The van der Waals surface area contributed by atoms with Crippen molar-refractivity contribution in [2.45, 2.75) is 59.0 Å². The Morgan fingerprint density at radius 1 is 1.07 bits per heavy atom. The Morgan fingerprint density at radius 2 is 1.70 bits per heavy atom. The van der Waals surface area contributed by atoms with E-state index in [1.54, 1.807) is 29.2 Å². The maximum absolute atomic E-state index is 13.0. The lowest BCUT2D eigenvalue weighted by molar-refractivity contribution is -0.146. The molecule has 1 saturated heterocycles. The minimum atomic E-state index is -1.23. The average molecular weight is 418 g/mol. The van der Waals surface area contributed by atoms with Crippen LogP contribution in [0.1, 0.15) is 57.8 Å². The van der Waals surface area contributed by atoms with Crippen LogP contribution in [0.25, 0.3) is 0 Å². The molecule has 2 rings (SSSR count). The molecule has 1 fully saturated rings. The summed E-state index contributed by atoms with van der Waals surface area (Å²) >= 11 is 0. The summed E-state index contributed by atoms with van der Waals surface area (Å²) in [6.45, 7) is 9.07. The van der Waals surface area contributed by atoms with Crippen LogP contribution in [0.2, 0.25) is 0 Å². The second-order valence-electron chi connectivity index (χ2n) is 9.01. The molecule has 8 heteroatoms. The highest BCUT2D eigenvalue weighted by atomic mass is 16.5. The van der Waals surface area contributed by atoms with Crippen LogP contribution < -0.4 is 10.6 Å². The van der Waals surface area contributed by atoms with Crippen LogP contribution in [0.3, 0.4) is 0 Å². The standard InChI is InChI=1S/C22H31N3O5/c1-21(2,3)19(28)25-13-9-12-16(25)18(27)23-15-11-8-7-10-14(15)17(26)24-22(4,5)20(29)30-6/h7-8,10-11,16H,9,12-13H2,1-6H3,(H,23,27)(H,24,26)/t16-/m0/s1. The largest absolute Gasteiger partial charge is 0.467 e. The molecule has 1 atom stereocenters. The van der Waals surface area contributed by atoms with Crippen molar-refractivity contribution in [2.75, 3.05) is 19.0 Å². The first-order chi connectivity index (χ1) is 13.9. The van der Waals surface area contributed by atoms with Crippen LogP contribution in [0.5, 0.6) is 0 Å². The fourth-order valence-corrected chi connectivity index (χ4v) is 3.38. The number of nitrogens with one attached hydrogen (secondary N) is 2. The highest BCUT2D eigenvalue weighted by Crippen LogP contribution is 2.27. The summed E-state index contributed by atoms with van der Waals surface area (Å²) < 4.78 is 4.71. The zero-order valence-corrected chi connectivity index (χ0v) is 18.5. The molecule has 30 heavy (non-hydrogen) atoms. The highest BCUT2D eigenvalue weighted by molar-refractivity contribution is 6.06. The van der Waals surface area contributed by atoms with Gasteiger partial charge < -0.3 is 20.3 Å². The molecule has 0 aromatic heterocycles. The number of ether oxygens (including phenoxy) is 1. The third-order valence-corrected chi connectivity index (χ3v) is 5.01. The summed E-state index contributed by atoms with van der Waals surface area (Å²) in [7, 11) is 1.25. The van der Waals surface area contributed by atoms with E-state index in [1.165, 1.54) is 21.0 Å². The molecule has 0 saturated carbocycles. The first-order valence-electron chi connectivity index (χ1n) is 10.0. The fourth-order valence-electron chi connectivity index (χ4n) is 3.38.